The van der Waals surface area contributed by atoms with E-state index in [-0.39, 0.29) is 5.91 Å². The van der Waals surface area contributed by atoms with Gasteiger partial charge in [0, 0.05) is 24.8 Å². The Hall–Kier alpha value is -2.24. The molecule has 1 aliphatic heterocycles. The van der Waals surface area contributed by atoms with Crippen molar-refractivity contribution in [1.82, 2.24) is 0 Å². The third kappa shape index (κ3) is 3.80. The van der Waals surface area contributed by atoms with Crippen molar-refractivity contribution in [1.29, 1.82) is 0 Å². The normalized spacial score (nSPS) is 13.2. The molecule has 126 valence electrons. The van der Waals surface area contributed by atoms with Crippen LogP contribution in [0.3, 0.4) is 0 Å². The van der Waals surface area contributed by atoms with Crippen molar-refractivity contribution in [2.45, 2.75) is 13.0 Å². The molecule has 6 heteroatoms. The molecule has 2 aromatic carbocycles. The second-order valence-electron chi connectivity index (χ2n) is 5.42. The number of rotatable bonds is 4. The van der Waals surface area contributed by atoms with Gasteiger partial charge in [-0.2, -0.15) is 0 Å². The number of hydrogen-bond acceptors (Lipinski definition) is 4. The molecule has 1 aliphatic rings. The highest BCUT2D eigenvalue weighted by atomic mass is 35.5. The molecule has 1 amide bonds. The molecule has 0 aromatic heterocycles. The van der Waals surface area contributed by atoms with Crippen LogP contribution in [0.15, 0.2) is 36.4 Å². The molecule has 3 rings (SSSR count). The van der Waals surface area contributed by atoms with Gasteiger partial charge in [-0.3, -0.25) is 4.79 Å². The first-order chi connectivity index (χ1) is 11.7. The fourth-order valence-electron chi connectivity index (χ4n) is 2.47. The average Bonchev–Trinajstić information content (AvgIpc) is 2.81. The van der Waals surface area contributed by atoms with Crippen molar-refractivity contribution in [3.8, 4) is 11.5 Å². The van der Waals surface area contributed by atoms with Gasteiger partial charge < -0.3 is 19.5 Å². The van der Waals surface area contributed by atoms with Crippen LogP contribution in [-0.4, -0.2) is 26.2 Å². The molecular formula is C18H18ClNO4. The first-order valence-corrected chi connectivity index (χ1v) is 8.03. The van der Waals surface area contributed by atoms with Crippen LogP contribution in [0, 0.1) is 0 Å². The zero-order chi connectivity index (χ0) is 16.9. The number of fused-ring (bicyclic) bond motifs is 1. The minimum absolute atomic E-state index is 0.262. The van der Waals surface area contributed by atoms with E-state index in [1.807, 2.05) is 24.3 Å². The van der Waals surface area contributed by atoms with Crippen molar-refractivity contribution in [3.63, 3.8) is 0 Å². The first-order valence-electron chi connectivity index (χ1n) is 7.66. The van der Waals surface area contributed by atoms with E-state index in [0.29, 0.717) is 47.6 Å². The third-order valence-corrected chi connectivity index (χ3v) is 3.84. The molecule has 5 nitrogen and oxygen atoms in total. The molecule has 0 atom stereocenters. The monoisotopic (exact) mass is 347 g/mol. The van der Waals surface area contributed by atoms with Gasteiger partial charge in [0.1, 0.15) is 0 Å². The van der Waals surface area contributed by atoms with Crippen LogP contribution in [0.1, 0.15) is 22.3 Å². The summed E-state index contributed by atoms with van der Waals surface area (Å²) >= 11 is 6.23. The van der Waals surface area contributed by atoms with Crippen LogP contribution in [0.2, 0.25) is 5.02 Å². The molecular weight excluding hydrogens is 330 g/mol. The van der Waals surface area contributed by atoms with Gasteiger partial charge in [-0.15, -0.1) is 0 Å². The molecule has 0 aliphatic carbocycles. The molecule has 0 saturated carbocycles. The zero-order valence-corrected chi connectivity index (χ0v) is 14.1. The summed E-state index contributed by atoms with van der Waals surface area (Å²) in [6, 6.07) is 10.7. The first kappa shape index (κ1) is 16.6. The topological polar surface area (TPSA) is 56.8 Å². The van der Waals surface area contributed by atoms with Crippen LogP contribution >= 0.6 is 11.6 Å². The Morgan fingerprint density at radius 1 is 1.25 bits per heavy atom. The number of amides is 1. The van der Waals surface area contributed by atoms with Gasteiger partial charge in [0.2, 0.25) is 0 Å². The number of halogens is 1. The molecule has 0 radical (unpaired) electrons. The molecule has 0 saturated heterocycles. The lowest BCUT2D eigenvalue weighted by Crippen LogP contribution is -2.12. The number of methoxy groups -OCH3 is 1. The van der Waals surface area contributed by atoms with Crippen molar-refractivity contribution in [2.24, 2.45) is 0 Å². The van der Waals surface area contributed by atoms with Crippen LogP contribution in [-0.2, 0) is 11.3 Å². The van der Waals surface area contributed by atoms with Gasteiger partial charge in [0.15, 0.2) is 11.5 Å². The number of carbonyl (C=O) groups is 1. The smallest absolute Gasteiger partial charge is 0.255 e. The molecule has 24 heavy (non-hydrogen) atoms. The number of benzene rings is 2. The predicted molar refractivity (Wildman–Crippen MR) is 92.2 cm³/mol. The van der Waals surface area contributed by atoms with Crippen molar-refractivity contribution in [3.05, 3.63) is 52.5 Å². The third-order valence-electron chi connectivity index (χ3n) is 3.56. The van der Waals surface area contributed by atoms with Crippen molar-refractivity contribution >= 4 is 23.2 Å². The summed E-state index contributed by atoms with van der Waals surface area (Å²) in [6.07, 6.45) is 0.777. The van der Waals surface area contributed by atoms with Crippen molar-refractivity contribution in [2.75, 3.05) is 25.6 Å². The minimum Gasteiger partial charge on any atom is -0.489 e. The van der Waals surface area contributed by atoms with Gasteiger partial charge in [-0.25, -0.2) is 0 Å². The van der Waals surface area contributed by atoms with Crippen LogP contribution in [0.25, 0.3) is 0 Å². The fraction of sp³-hybridized carbons (Fsp3) is 0.278. The predicted octanol–water partition coefficient (Wildman–Crippen LogP) is 3.90. The minimum atomic E-state index is -0.262. The summed E-state index contributed by atoms with van der Waals surface area (Å²) in [5.74, 6) is 0.730. The van der Waals surface area contributed by atoms with Gasteiger partial charge in [-0.1, -0.05) is 23.7 Å². The van der Waals surface area contributed by atoms with Crippen molar-refractivity contribution < 1.29 is 19.0 Å². The second kappa shape index (κ2) is 7.55. The van der Waals surface area contributed by atoms with E-state index in [1.165, 1.54) is 0 Å². The quantitative estimate of drug-likeness (QED) is 0.911. The lowest BCUT2D eigenvalue weighted by molar-refractivity contribution is 0.102. The van der Waals surface area contributed by atoms with Crippen LogP contribution < -0.4 is 14.8 Å². The van der Waals surface area contributed by atoms with Gasteiger partial charge in [0.05, 0.1) is 24.8 Å². The van der Waals surface area contributed by atoms with Crippen LogP contribution in [0.5, 0.6) is 11.5 Å². The number of ether oxygens (including phenoxy) is 3. The Bertz CT molecular complexity index is 748. The maximum Gasteiger partial charge on any atom is 0.255 e. The molecule has 0 fully saturated rings. The molecule has 0 unspecified atom stereocenters. The Labute approximate surface area is 145 Å². The van der Waals surface area contributed by atoms with Gasteiger partial charge in [0.25, 0.3) is 5.91 Å². The van der Waals surface area contributed by atoms with E-state index in [4.69, 9.17) is 25.8 Å². The fourth-order valence-corrected chi connectivity index (χ4v) is 2.74. The highest BCUT2D eigenvalue weighted by Crippen LogP contribution is 2.38. The maximum absolute atomic E-state index is 12.5. The molecule has 1 N–H and O–H groups in total. The Balaban J connectivity index is 1.81. The van der Waals surface area contributed by atoms with E-state index in [0.717, 1.165) is 12.0 Å². The molecule has 1 heterocycles. The summed E-state index contributed by atoms with van der Waals surface area (Å²) in [4.78, 5) is 12.5. The Morgan fingerprint density at radius 3 is 2.92 bits per heavy atom. The lowest BCUT2D eigenvalue weighted by Gasteiger charge is -2.12. The maximum atomic E-state index is 12.5. The Kier molecular flexibility index (Phi) is 5.23. The Morgan fingerprint density at radius 2 is 2.08 bits per heavy atom. The highest BCUT2D eigenvalue weighted by molar-refractivity contribution is 6.32. The summed E-state index contributed by atoms with van der Waals surface area (Å²) in [5, 5.41) is 3.23. The molecule has 0 spiro atoms. The lowest BCUT2D eigenvalue weighted by atomic mass is 10.1. The SMILES string of the molecule is COCc1cccc(NC(=O)c2cc(Cl)c3c(c2)OCCCO3)c1. The standard InChI is InChI=1S/C18H18ClNO4/c1-22-11-12-4-2-5-14(8-12)20-18(21)13-9-15(19)17-16(10-13)23-6-3-7-24-17/h2,4-5,8-10H,3,6-7,11H2,1H3,(H,20,21). The van der Waals surface area contributed by atoms with E-state index in [2.05, 4.69) is 5.32 Å². The van der Waals surface area contributed by atoms with Gasteiger partial charge in [-0.05, 0) is 29.8 Å². The van der Waals surface area contributed by atoms with Crippen LogP contribution in [0.4, 0.5) is 5.69 Å². The highest BCUT2D eigenvalue weighted by Gasteiger charge is 2.18. The summed E-state index contributed by atoms with van der Waals surface area (Å²) in [5.41, 5.74) is 2.09. The molecule has 2 aromatic rings. The average molecular weight is 348 g/mol. The number of nitrogens with one attached hydrogen (secondary N) is 1. The van der Waals surface area contributed by atoms with Gasteiger partial charge >= 0.3 is 0 Å². The van der Waals surface area contributed by atoms with E-state index in [1.54, 1.807) is 19.2 Å². The van der Waals surface area contributed by atoms with E-state index in [9.17, 15) is 4.79 Å². The van der Waals surface area contributed by atoms with E-state index < -0.39 is 0 Å². The zero-order valence-electron chi connectivity index (χ0n) is 13.3. The van der Waals surface area contributed by atoms with E-state index >= 15 is 0 Å². The summed E-state index contributed by atoms with van der Waals surface area (Å²) in [6.45, 7) is 1.57. The summed E-state index contributed by atoms with van der Waals surface area (Å²) in [7, 11) is 1.63. The summed E-state index contributed by atoms with van der Waals surface area (Å²) < 4.78 is 16.3. The largest absolute Gasteiger partial charge is 0.489 e. The number of anilines is 1. The number of hydrogen-bond donors (Lipinski definition) is 1. The second-order valence-corrected chi connectivity index (χ2v) is 5.83. The molecule has 0 bridgehead atoms. The number of carbonyl (C=O) groups excluding carboxylic acids is 1.